The minimum atomic E-state index is 0.884. The highest BCUT2D eigenvalue weighted by Crippen LogP contribution is 2.22. The fraction of sp³-hybridized carbons (Fsp3) is 0.429. The second kappa shape index (κ2) is 2.58. The summed E-state index contributed by atoms with van der Waals surface area (Å²) in [5.74, 6) is 0.907. The zero-order valence-corrected chi connectivity index (χ0v) is 5.39. The Kier molecular flexibility index (Phi) is 1.78. The van der Waals surface area contributed by atoms with Crippen molar-refractivity contribution in [2.45, 2.75) is 19.3 Å². The van der Waals surface area contributed by atoms with Gasteiger partial charge in [-0.05, 0) is 12.8 Å². The van der Waals surface area contributed by atoms with Crippen LogP contribution in [0, 0.1) is 0 Å². The Morgan fingerprint density at radius 2 is 2.33 bits per heavy atom. The van der Waals surface area contributed by atoms with Gasteiger partial charge in [-0.2, -0.15) is 0 Å². The van der Waals surface area contributed by atoms with Crippen molar-refractivity contribution >= 4 is 0 Å². The highest BCUT2D eigenvalue weighted by atomic mass is 16.5. The molecule has 0 aromatic heterocycles. The maximum atomic E-state index is 5.57. The molecule has 1 aliphatic carbocycles. The molecule has 1 rings (SSSR count). The third kappa shape index (κ3) is 1.25. The highest BCUT2D eigenvalue weighted by molar-refractivity contribution is 5.10. The van der Waals surface area contributed by atoms with Gasteiger partial charge in [-0.3, -0.25) is 0 Å². The second-order valence-corrected chi connectivity index (χ2v) is 2.09. The van der Waals surface area contributed by atoms with E-state index in [2.05, 4.69) is 6.58 Å². The lowest BCUT2D eigenvalue weighted by Crippen LogP contribution is -1.96. The van der Waals surface area contributed by atoms with Crippen LogP contribution in [-0.4, -0.2) is 0 Å². The number of hydrogen-bond acceptors (Lipinski definition) is 2. The summed E-state index contributed by atoms with van der Waals surface area (Å²) in [6, 6.07) is 0. The first kappa shape index (κ1) is 6.20. The van der Waals surface area contributed by atoms with Gasteiger partial charge in [-0.15, -0.1) is 0 Å². The van der Waals surface area contributed by atoms with Crippen LogP contribution in [0.15, 0.2) is 24.3 Å². The van der Waals surface area contributed by atoms with Crippen molar-refractivity contribution in [3.05, 3.63) is 24.3 Å². The normalized spacial score (nSPS) is 18.2. The summed E-state index contributed by atoms with van der Waals surface area (Å²) in [5, 5.41) is 0. The lowest BCUT2D eigenvalue weighted by atomic mass is 10.3. The molecule has 0 aromatic rings. The SMILES string of the molecule is C=COC1=C(N)CCC1. The molecule has 0 fully saturated rings. The number of rotatable bonds is 2. The Balaban J connectivity index is 2.54. The standard InChI is InChI=1S/C7H11NO/c1-2-9-7-5-3-4-6(7)8/h2H,1,3-5,8H2. The van der Waals surface area contributed by atoms with E-state index in [0.29, 0.717) is 0 Å². The average molecular weight is 125 g/mol. The molecule has 1 aliphatic rings. The fourth-order valence-corrected chi connectivity index (χ4v) is 0.975. The topological polar surface area (TPSA) is 35.2 Å². The molecule has 2 heteroatoms. The van der Waals surface area contributed by atoms with Crippen LogP contribution in [0.25, 0.3) is 0 Å². The Morgan fingerprint density at radius 1 is 1.56 bits per heavy atom. The summed E-state index contributed by atoms with van der Waals surface area (Å²) >= 11 is 0. The minimum absolute atomic E-state index is 0.884. The Bertz CT molecular complexity index is 149. The first-order valence-electron chi connectivity index (χ1n) is 3.09. The van der Waals surface area contributed by atoms with Gasteiger partial charge in [0.2, 0.25) is 0 Å². The van der Waals surface area contributed by atoms with Crippen LogP contribution >= 0.6 is 0 Å². The summed E-state index contributed by atoms with van der Waals surface area (Å²) in [5.41, 5.74) is 6.46. The van der Waals surface area contributed by atoms with Gasteiger partial charge in [0.1, 0.15) is 5.76 Å². The Hall–Kier alpha value is -0.920. The van der Waals surface area contributed by atoms with Gasteiger partial charge in [0.05, 0.1) is 6.26 Å². The van der Waals surface area contributed by atoms with Gasteiger partial charge in [0.25, 0.3) is 0 Å². The van der Waals surface area contributed by atoms with E-state index in [1.54, 1.807) is 0 Å². The average Bonchev–Trinajstić information content (AvgIpc) is 2.18. The first-order chi connectivity index (χ1) is 4.34. The second-order valence-electron chi connectivity index (χ2n) is 2.09. The van der Waals surface area contributed by atoms with Crippen molar-refractivity contribution in [1.82, 2.24) is 0 Å². The Morgan fingerprint density at radius 3 is 2.78 bits per heavy atom. The van der Waals surface area contributed by atoms with E-state index in [1.165, 1.54) is 6.26 Å². The smallest absolute Gasteiger partial charge is 0.122 e. The van der Waals surface area contributed by atoms with Gasteiger partial charge in [-0.1, -0.05) is 6.58 Å². The molecule has 50 valence electrons. The predicted molar refractivity (Wildman–Crippen MR) is 36.3 cm³/mol. The monoisotopic (exact) mass is 125 g/mol. The lowest BCUT2D eigenvalue weighted by Gasteiger charge is -1.99. The zero-order chi connectivity index (χ0) is 6.69. The van der Waals surface area contributed by atoms with E-state index in [4.69, 9.17) is 10.5 Å². The van der Waals surface area contributed by atoms with Gasteiger partial charge >= 0.3 is 0 Å². The number of hydrogen-bond donors (Lipinski definition) is 1. The molecular weight excluding hydrogens is 114 g/mol. The van der Waals surface area contributed by atoms with Crippen LogP contribution in [0.4, 0.5) is 0 Å². The van der Waals surface area contributed by atoms with Crippen molar-refractivity contribution in [2.24, 2.45) is 5.73 Å². The van der Waals surface area contributed by atoms with Gasteiger partial charge in [-0.25, -0.2) is 0 Å². The summed E-state index contributed by atoms with van der Waals surface area (Å²) < 4.78 is 5.03. The lowest BCUT2D eigenvalue weighted by molar-refractivity contribution is 0.338. The first-order valence-corrected chi connectivity index (χ1v) is 3.09. The molecule has 0 spiro atoms. The van der Waals surface area contributed by atoms with Crippen LogP contribution in [-0.2, 0) is 4.74 Å². The van der Waals surface area contributed by atoms with E-state index in [0.717, 1.165) is 30.7 Å². The molecule has 0 saturated carbocycles. The number of ether oxygens (including phenoxy) is 1. The molecule has 2 N–H and O–H groups in total. The van der Waals surface area contributed by atoms with Crippen LogP contribution < -0.4 is 5.73 Å². The maximum Gasteiger partial charge on any atom is 0.122 e. The van der Waals surface area contributed by atoms with E-state index < -0.39 is 0 Å². The van der Waals surface area contributed by atoms with Crippen molar-refractivity contribution in [3.8, 4) is 0 Å². The largest absolute Gasteiger partial charge is 0.468 e. The van der Waals surface area contributed by atoms with Crippen LogP contribution in [0.3, 0.4) is 0 Å². The summed E-state index contributed by atoms with van der Waals surface area (Å²) in [6.45, 7) is 3.45. The summed E-state index contributed by atoms with van der Waals surface area (Å²) in [4.78, 5) is 0. The fourth-order valence-electron chi connectivity index (χ4n) is 0.975. The Labute approximate surface area is 55.0 Å². The van der Waals surface area contributed by atoms with Crippen molar-refractivity contribution < 1.29 is 4.74 Å². The summed E-state index contributed by atoms with van der Waals surface area (Å²) in [7, 11) is 0. The third-order valence-electron chi connectivity index (χ3n) is 1.43. The molecule has 0 aliphatic heterocycles. The van der Waals surface area contributed by atoms with E-state index in [1.807, 2.05) is 0 Å². The maximum absolute atomic E-state index is 5.57. The molecule has 0 amide bonds. The van der Waals surface area contributed by atoms with Gasteiger partial charge < -0.3 is 10.5 Å². The van der Waals surface area contributed by atoms with Crippen LogP contribution in [0.5, 0.6) is 0 Å². The molecule has 0 saturated heterocycles. The van der Waals surface area contributed by atoms with Crippen molar-refractivity contribution in [1.29, 1.82) is 0 Å². The van der Waals surface area contributed by atoms with Gasteiger partial charge in [0.15, 0.2) is 0 Å². The van der Waals surface area contributed by atoms with Crippen LogP contribution in [0.2, 0.25) is 0 Å². The van der Waals surface area contributed by atoms with Crippen molar-refractivity contribution in [3.63, 3.8) is 0 Å². The van der Waals surface area contributed by atoms with E-state index in [9.17, 15) is 0 Å². The molecule has 0 atom stereocenters. The third-order valence-corrected chi connectivity index (χ3v) is 1.43. The number of allylic oxidation sites excluding steroid dienone is 2. The molecule has 2 nitrogen and oxygen atoms in total. The summed E-state index contributed by atoms with van der Waals surface area (Å²) in [6.07, 6.45) is 4.49. The molecule has 0 aromatic carbocycles. The van der Waals surface area contributed by atoms with Gasteiger partial charge in [0, 0.05) is 12.1 Å². The van der Waals surface area contributed by atoms with E-state index in [-0.39, 0.29) is 0 Å². The quantitative estimate of drug-likeness (QED) is 0.567. The predicted octanol–water partition coefficient (Wildman–Crippen LogP) is 1.50. The molecule has 0 radical (unpaired) electrons. The molecule has 0 heterocycles. The highest BCUT2D eigenvalue weighted by Gasteiger charge is 2.11. The number of nitrogens with two attached hydrogens (primary N) is 1. The van der Waals surface area contributed by atoms with Crippen molar-refractivity contribution in [2.75, 3.05) is 0 Å². The zero-order valence-electron chi connectivity index (χ0n) is 5.39. The molecule has 0 unspecified atom stereocenters. The molecule has 9 heavy (non-hydrogen) atoms. The molecule has 0 bridgehead atoms. The molecular formula is C7H11NO. The van der Waals surface area contributed by atoms with Crippen LogP contribution in [0.1, 0.15) is 19.3 Å². The van der Waals surface area contributed by atoms with E-state index >= 15 is 0 Å². The minimum Gasteiger partial charge on any atom is -0.468 e.